The molecular formula is C22H30O2S. The average Bonchev–Trinajstić information content (AvgIpc) is 2.51. The summed E-state index contributed by atoms with van der Waals surface area (Å²) < 4.78 is 11.5. The van der Waals surface area contributed by atoms with E-state index in [1.54, 1.807) is 0 Å². The van der Waals surface area contributed by atoms with Crippen LogP contribution in [0.1, 0.15) is 46.6 Å². The van der Waals surface area contributed by atoms with Gasteiger partial charge in [0, 0.05) is 4.90 Å². The Labute approximate surface area is 158 Å². The quantitative estimate of drug-likeness (QED) is 0.473. The van der Waals surface area contributed by atoms with Gasteiger partial charge in [-0.25, -0.2) is 0 Å². The summed E-state index contributed by atoms with van der Waals surface area (Å²) in [5, 5.41) is 0. The molecule has 0 fully saturated rings. The smallest absolute Gasteiger partial charge is 0.132 e. The Morgan fingerprint density at radius 3 is 2.08 bits per heavy atom. The molecule has 136 valence electrons. The standard InChI is InChI=1S/C22H30O2S/c1-21(2,3)16-22(4,5)17-11-12-19(20(25)15-17)24-14-13-23-18-9-7-6-8-10-18/h6-12,15,25H,13-14,16H2,1-5H3. The van der Waals surface area contributed by atoms with Gasteiger partial charge in [-0.05, 0) is 47.1 Å². The molecule has 0 amide bonds. The van der Waals surface area contributed by atoms with Gasteiger partial charge in [-0.2, -0.15) is 0 Å². The maximum absolute atomic E-state index is 5.83. The fourth-order valence-corrected chi connectivity index (χ4v) is 3.59. The second-order valence-corrected chi connectivity index (χ2v) is 8.80. The minimum absolute atomic E-state index is 0.102. The number of hydrogen-bond donors (Lipinski definition) is 1. The molecule has 2 aromatic carbocycles. The summed E-state index contributed by atoms with van der Waals surface area (Å²) in [6, 6.07) is 16.1. The lowest BCUT2D eigenvalue weighted by molar-refractivity contribution is 0.214. The van der Waals surface area contributed by atoms with Crippen LogP contribution in [0.3, 0.4) is 0 Å². The summed E-state index contributed by atoms with van der Waals surface area (Å²) >= 11 is 4.62. The molecule has 0 unspecified atom stereocenters. The summed E-state index contributed by atoms with van der Waals surface area (Å²) in [5.74, 6) is 1.66. The molecule has 0 radical (unpaired) electrons. The third-order valence-corrected chi connectivity index (χ3v) is 4.42. The van der Waals surface area contributed by atoms with Crippen molar-refractivity contribution >= 4 is 12.6 Å². The molecule has 0 bridgehead atoms. The average molecular weight is 359 g/mol. The number of benzene rings is 2. The van der Waals surface area contributed by atoms with Gasteiger partial charge in [0.2, 0.25) is 0 Å². The maximum atomic E-state index is 5.83. The summed E-state index contributed by atoms with van der Waals surface area (Å²) in [6.45, 7) is 12.4. The summed E-state index contributed by atoms with van der Waals surface area (Å²) in [7, 11) is 0. The van der Waals surface area contributed by atoms with Crippen molar-refractivity contribution in [1.29, 1.82) is 0 Å². The largest absolute Gasteiger partial charge is 0.490 e. The monoisotopic (exact) mass is 358 g/mol. The second-order valence-electron chi connectivity index (χ2n) is 8.31. The lowest BCUT2D eigenvalue weighted by atomic mass is 9.72. The van der Waals surface area contributed by atoms with Crippen LogP contribution in [0, 0.1) is 5.41 Å². The van der Waals surface area contributed by atoms with Crippen molar-refractivity contribution in [2.75, 3.05) is 13.2 Å². The van der Waals surface area contributed by atoms with Gasteiger partial charge < -0.3 is 9.47 Å². The number of ether oxygens (including phenoxy) is 2. The number of rotatable bonds is 7. The fraction of sp³-hybridized carbons (Fsp3) is 0.455. The van der Waals surface area contributed by atoms with Crippen molar-refractivity contribution in [3.8, 4) is 11.5 Å². The molecule has 0 saturated carbocycles. The van der Waals surface area contributed by atoms with Crippen LogP contribution in [0.2, 0.25) is 0 Å². The lowest BCUT2D eigenvalue weighted by Crippen LogP contribution is -2.24. The number of hydrogen-bond acceptors (Lipinski definition) is 3. The van der Waals surface area contributed by atoms with Crippen LogP contribution >= 0.6 is 12.6 Å². The van der Waals surface area contributed by atoms with Gasteiger partial charge in [0.05, 0.1) is 0 Å². The maximum Gasteiger partial charge on any atom is 0.132 e. The van der Waals surface area contributed by atoms with Gasteiger partial charge in [0.15, 0.2) is 0 Å². The molecule has 0 aliphatic heterocycles. The molecule has 0 heterocycles. The summed E-state index contributed by atoms with van der Waals surface area (Å²) in [5.41, 5.74) is 1.68. The van der Waals surface area contributed by atoms with Crippen LogP contribution in [0.15, 0.2) is 53.4 Å². The van der Waals surface area contributed by atoms with Gasteiger partial charge in [0.25, 0.3) is 0 Å². The highest BCUT2D eigenvalue weighted by atomic mass is 32.1. The number of para-hydroxylation sites is 1. The highest BCUT2D eigenvalue weighted by Gasteiger charge is 2.27. The van der Waals surface area contributed by atoms with Gasteiger partial charge in [-0.3, -0.25) is 0 Å². The summed E-state index contributed by atoms with van der Waals surface area (Å²) in [6.07, 6.45) is 1.11. The predicted octanol–water partition coefficient (Wildman–Crippen LogP) is 6.15. The van der Waals surface area contributed by atoms with Crippen LogP contribution in [0.25, 0.3) is 0 Å². The van der Waals surface area contributed by atoms with E-state index >= 15 is 0 Å². The first-order chi connectivity index (χ1) is 11.7. The van der Waals surface area contributed by atoms with Crippen LogP contribution in [-0.2, 0) is 5.41 Å². The fourth-order valence-electron chi connectivity index (χ4n) is 3.32. The van der Waals surface area contributed by atoms with E-state index in [1.807, 2.05) is 36.4 Å². The Balaban J connectivity index is 1.93. The van der Waals surface area contributed by atoms with E-state index in [9.17, 15) is 0 Å². The topological polar surface area (TPSA) is 18.5 Å². The highest BCUT2D eigenvalue weighted by Crippen LogP contribution is 2.38. The van der Waals surface area contributed by atoms with Crippen molar-refractivity contribution in [3.63, 3.8) is 0 Å². The molecule has 0 aliphatic rings. The SMILES string of the molecule is CC(C)(C)CC(C)(C)c1ccc(OCCOc2ccccc2)c(S)c1. The van der Waals surface area contributed by atoms with Crippen molar-refractivity contribution in [3.05, 3.63) is 54.1 Å². The van der Waals surface area contributed by atoms with Crippen molar-refractivity contribution in [2.24, 2.45) is 5.41 Å². The van der Waals surface area contributed by atoms with E-state index in [2.05, 4.69) is 59.4 Å². The molecule has 0 saturated heterocycles. The Morgan fingerprint density at radius 2 is 1.48 bits per heavy atom. The molecule has 0 atom stereocenters. The first-order valence-corrected chi connectivity index (χ1v) is 9.26. The normalized spacial score (nSPS) is 12.1. The Kier molecular flexibility index (Phi) is 6.45. The van der Waals surface area contributed by atoms with Gasteiger partial charge in [-0.1, -0.05) is 58.9 Å². The minimum Gasteiger partial charge on any atom is -0.490 e. The minimum atomic E-state index is 0.102. The second kappa shape index (κ2) is 8.18. The van der Waals surface area contributed by atoms with Crippen LogP contribution in [-0.4, -0.2) is 13.2 Å². The third-order valence-electron chi connectivity index (χ3n) is 4.07. The van der Waals surface area contributed by atoms with E-state index in [4.69, 9.17) is 9.47 Å². The zero-order valence-electron chi connectivity index (χ0n) is 16.0. The van der Waals surface area contributed by atoms with Crippen LogP contribution in [0.5, 0.6) is 11.5 Å². The first-order valence-electron chi connectivity index (χ1n) is 8.82. The van der Waals surface area contributed by atoms with Crippen molar-refractivity contribution < 1.29 is 9.47 Å². The van der Waals surface area contributed by atoms with Crippen molar-refractivity contribution in [1.82, 2.24) is 0 Å². The predicted molar refractivity (Wildman–Crippen MR) is 108 cm³/mol. The zero-order chi connectivity index (χ0) is 18.5. The Morgan fingerprint density at radius 1 is 0.840 bits per heavy atom. The zero-order valence-corrected chi connectivity index (χ0v) is 16.9. The van der Waals surface area contributed by atoms with Gasteiger partial charge in [-0.15, -0.1) is 12.6 Å². The molecular weight excluding hydrogens is 328 g/mol. The van der Waals surface area contributed by atoms with E-state index < -0.39 is 0 Å². The van der Waals surface area contributed by atoms with E-state index in [0.29, 0.717) is 13.2 Å². The molecule has 0 aliphatic carbocycles. The van der Waals surface area contributed by atoms with E-state index in [-0.39, 0.29) is 10.8 Å². The molecule has 25 heavy (non-hydrogen) atoms. The van der Waals surface area contributed by atoms with Gasteiger partial charge in [0.1, 0.15) is 24.7 Å². The molecule has 0 spiro atoms. The molecule has 3 heteroatoms. The Hall–Kier alpha value is -1.61. The summed E-state index contributed by atoms with van der Waals surface area (Å²) in [4.78, 5) is 0.874. The highest BCUT2D eigenvalue weighted by molar-refractivity contribution is 7.80. The molecule has 0 aromatic heterocycles. The first kappa shape index (κ1) is 19.7. The van der Waals surface area contributed by atoms with Crippen molar-refractivity contribution in [2.45, 2.75) is 51.3 Å². The Bertz CT molecular complexity index is 672. The van der Waals surface area contributed by atoms with E-state index in [1.165, 1.54) is 5.56 Å². The van der Waals surface area contributed by atoms with Gasteiger partial charge >= 0.3 is 0 Å². The third kappa shape index (κ3) is 6.32. The van der Waals surface area contributed by atoms with E-state index in [0.717, 1.165) is 22.8 Å². The molecule has 0 N–H and O–H groups in total. The number of thiol groups is 1. The molecule has 2 aromatic rings. The molecule has 2 rings (SSSR count). The van der Waals surface area contributed by atoms with Crippen LogP contribution in [0.4, 0.5) is 0 Å². The molecule has 2 nitrogen and oxygen atoms in total. The van der Waals surface area contributed by atoms with Crippen LogP contribution < -0.4 is 9.47 Å². The lowest BCUT2D eigenvalue weighted by Gasteiger charge is -2.33.